The van der Waals surface area contributed by atoms with Gasteiger partial charge in [0.15, 0.2) is 5.78 Å². The van der Waals surface area contributed by atoms with Gasteiger partial charge in [0, 0.05) is 7.05 Å². The molecular formula is C14H24N2O5. The number of hydrogen-bond donors (Lipinski definition) is 2. The van der Waals surface area contributed by atoms with Crippen LogP contribution < -0.4 is 5.32 Å². The number of carbonyl (C=O) groups is 3. The number of carboxylic acids is 1. The van der Waals surface area contributed by atoms with Crippen LogP contribution in [0.2, 0.25) is 0 Å². The number of carbonyl (C=O) groups excluding carboxylic acids is 2. The second-order valence-corrected chi connectivity index (χ2v) is 6.37. The third kappa shape index (κ3) is 5.71. The first-order valence-corrected chi connectivity index (χ1v) is 7.03. The molecule has 1 aliphatic rings. The molecule has 21 heavy (non-hydrogen) atoms. The van der Waals surface area contributed by atoms with E-state index in [1.807, 2.05) is 0 Å². The van der Waals surface area contributed by atoms with Gasteiger partial charge in [0.25, 0.3) is 0 Å². The van der Waals surface area contributed by atoms with Crippen LogP contribution in [0.15, 0.2) is 0 Å². The molecule has 1 saturated heterocycles. The predicted molar refractivity (Wildman–Crippen MR) is 76.0 cm³/mol. The van der Waals surface area contributed by atoms with Crippen molar-refractivity contribution in [3.05, 3.63) is 0 Å². The van der Waals surface area contributed by atoms with Gasteiger partial charge in [-0.1, -0.05) is 0 Å². The number of carboxylic acid groups (broad SMARTS) is 1. The van der Waals surface area contributed by atoms with Gasteiger partial charge in [0.05, 0.1) is 18.5 Å². The lowest BCUT2D eigenvalue weighted by Gasteiger charge is -2.29. The van der Waals surface area contributed by atoms with Gasteiger partial charge in [-0.05, 0) is 40.2 Å². The molecule has 0 bridgehead atoms. The van der Waals surface area contributed by atoms with Crippen molar-refractivity contribution in [3.8, 4) is 0 Å². The summed E-state index contributed by atoms with van der Waals surface area (Å²) >= 11 is 0. The molecular weight excluding hydrogens is 276 g/mol. The van der Waals surface area contributed by atoms with E-state index in [0.29, 0.717) is 13.0 Å². The van der Waals surface area contributed by atoms with E-state index in [2.05, 4.69) is 5.32 Å². The van der Waals surface area contributed by atoms with Crippen LogP contribution in [-0.4, -0.2) is 59.6 Å². The van der Waals surface area contributed by atoms with E-state index in [1.54, 1.807) is 20.8 Å². The zero-order valence-corrected chi connectivity index (χ0v) is 13.0. The monoisotopic (exact) mass is 300 g/mol. The third-order valence-corrected chi connectivity index (χ3v) is 3.24. The molecule has 1 fully saturated rings. The number of aliphatic carboxylic acids is 1. The molecule has 1 unspecified atom stereocenters. The molecule has 7 nitrogen and oxygen atoms in total. The number of ether oxygens (including phenoxy) is 1. The van der Waals surface area contributed by atoms with Gasteiger partial charge < -0.3 is 20.1 Å². The minimum absolute atomic E-state index is 0.0983. The standard InChI is InChI=1S/C14H24N2O5/c1-14(2,3)21-13(20)16(4)8-11(17)10-7-9(12(18)19)5-6-15-10/h9-10,15H,5-8H2,1-4H3,(H,18,19)/t9?,10-/m1/s1. The van der Waals surface area contributed by atoms with Crippen LogP contribution in [0.4, 0.5) is 4.79 Å². The molecule has 7 heteroatoms. The Labute approximate surface area is 124 Å². The molecule has 0 aliphatic carbocycles. The van der Waals surface area contributed by atoms with Crippen molar-refractivity contribution in [2.75, 3.05) is 20.1 Å². The number of nitrogens with one attached hydrogen (secondary N) is 1. The van der Waals surface area contributed by atoms with E-state index in [-0.39, 0.29) is 18.7 Å². The van der Waals surface area contributed by atoms with Gasteiger partial charge in [0.2, 0.25) is 0 Å². The van der Waals surface area contributed by atoms with Crippen LogP contribution >= 0.6 is 0 Å². The Kier molecular flexibility index (Phi) is 5.71. The topological polar surface area (TPSA) is 95.9 Å². The Morgan fingerprint density at radius 1 is 1.33 bits per heavy atom. The molecule has 2 N–H and O–H groups in total. The Morgan fingerprint density at radius 2 is 1.95 bits per heavy atom. The van der Waals surface area contributed by atoms with E-state index in [4.69, 9.17) is 9.84 Å². The van der Waals surface area contributed by atoms with Crippen molar-refractivity contribution in [1.29, 1.82) is 0 Å². The smallest absolute Gasteiger partial charge is 0.410 e. The zero-order valence-electron chi connectivity index (χ0n) is 13.0. The molecule has 120 valence electrons. The van der Waals surface area contributed by atoms with E-state index in [9.17, 15) is 14.4 Å². The maximum Gasteiger partial charge on any atom is 0.410 e. The highest BCUT2D eigenvalue weighted by atomic mass is 16.6. The minimum atomic E-state index is -0.880. The fourth-order valence-electron chi connectivity index (χ4n) is 2.14. The van der Waals surface area contributed by atoms with E-state index >= 15 is 0 Å². The summed E-state index contributed by atoms with van der Waals surface area (Å²) in [6.45, 7) is 5.64. The van der Waals surface area contributed by atoms with E-state index in [1.165, 1.54) is 11.9 Å². The van der Waals surface area contributed by atoms with Crippen LogP contribution in [0.1, 0.15) is 33.6 Å². The zero-order chi connectivity index (χ0) is 16.2. The summed E-state index contributed by atoms with van der Waals surface area (Å²) in [5.41, 5.74) is -0.619. The van der Waals surface area contributed by atoms with Crippen molar-refractivity contribution in [2.45, 2.75) is 45.3 Å². The SMILES string of the molecule is CN(CC(=O)[C@H]1CC(C(=O)O)CCN1)C(=O)OC(C)(C)C. The third-order valence-electron chi connectivity index (χ3n) is 3.24. The largest absolute Gasteiger partial charge is 0.481 e. The molecule has 0 spiro atoms. The van der Waals surface area contributed by atoms with Crippen molar-refractivity contribution >= 4 is 17.8 Å². The first kappa shape index (κ1) is 17.4. The van der Waals surface area contributed by atoms with Gasteiger partial charge in [-0.25, -0.2) is 4.79 Å². The first-order valence-electron chi connectivity index (χ1n) is 7.03. The number of amides is 1. The average molecular weight is 300 g/mol. The summed E-state index contributed by atoms with van der Waals surface area (Å²) < 4.78 is 5.17. The Bertz CT molecular complexity index is 416. The van der Waals surface area contributed by atoms with Crippen LogP contribution in [0.3, 0.4) is 0 Å². The maximum atomic E-state index is 12.1. The first-order chi connectivity index (χ1) is 9.60. The molecule has 0 aromatic carbocycles. The maximum absolute atomic E-state index is 12.1. The number of Topliss-reactive ketones (excluding diaryl/α,β-unsaturated/α-hetero) is 1. The lowest BCUT2D eigenvalue weighted by atomic mass is 9.90. The Balaban J connectivity index is 2.52. The highest BCUT2D eigenvalue weighted by molar-refractivity contribution is 5.89. The highest BCUT2D eigenvalue weighted by Gasteiger charge is 2.32. The lowest BCUT2D eigenvalue weighted by molar-refractivity contribution is -0.143. The average Bonchev–Trinajstić information content (AvgIpc) is 2.36. The second-order valence-electron chi connectivity index (χ2n) is 6.37. The normalized spacial score (nSPS) is 22.5. The molecule has 0 aromatic rings. The molecule has 1 amide bonds. The number of hydrogen-bond acceptors (Lipinski definition) is 5. The highest BCUT2D eigenvalue weighted by Crippen LogP contribution is 2.17. The number of likely N-dealkylation sites (N-methyl/N-ethyl adjacent to an activating group) is 1. The Hall–Kier alpha value is -1.63. The van der Waals surface area contributed by atoms with Gasteiger partial charge in [-0.15, -0.1) is 0 Å². The fraction of sp³-hybridized carbons (Fsp3) is 0.786. The van der Waals surface area contributed by atoms with E-state index in [0.717, 1.165) is 0 Å². The predicted octanol–water partition coefficient (Wildman–Crippen LogP) is 0.875. The molecule has 2 atom stereocenters. The number of piperidine rings is 1. The van der Waals surface area contributed by atoms with E-state index < -0.39 is 29.6 Å². The van der Waals surface area contributed by atoms with Crippen molar-refractivity contribution in [3.63, 3.8) is 0 Å². The molecule has 1 aliphatic heterocycles. The van der Waals surface area contributed by atoms with Gasteiger partial charge in [-0.3, -0.25) is 9.59 Å². The molecule has 1 rings (SSSR count). The van der Waals surface area contributed by atoms with Gasteiger partial charge >= 0.3 is 12.1 Å². The van der Waals surface area contributed by atoms with Crippen molar-refractivity contribution in [1.82, 2.24) is 10.2 Å². The summed E-state index contributed by atoms with van der Waals surface area (Å²) in [5.74, 6) is -1.59. The molecule has 0 aromatic heterocycles. The van der Waals surface area contributed by atoms with Gasteiger partial charge in [-0.2, -0.15) is 0 Å². The number of rotatable bonds is 4. The summed E-state index contributed by atoms with van der Waals surface area (Å²) in [6, 6.07) is -0.523. The van der Waals surface area contributed by atoms with Crippen LogP contribution in [0, 0.1) is 5.92 Å². The minimum Gasteiger partial charge on any atom is -0.481 e. The van der Waals surface area contributed by atoms with Gasteiger partial charge in [0.1, 0.15) is 5.60 Å². The summed E-state index contributed by atoms with van der Waals surface area (Å²) in [5, 5.41) is 12.0. The van der Waals surface area contributed by atoms with Crippen molar-refractivity contribution in [2.24, 2.45) is 5.92 Å². The molecule has 0 saturated carbocycles. The fourth-order valence-corrected chi connectivity index (χ4v) is 2.14. The summed E-state index contributed by atoms with van der Waals surface area (Å²) in [6.07, 6.45) is 0.207. The van der Waals surface area contributed by atoms with Crippen LogP contribution in [0.5, 0.6) is 0 Å². The number of ketones is 1. The number of nitrogens with zero attached hydrogens (tertiary/aromatic N) is 1. The quantitative estimate of drug-likeness (QED) is 0.800. The molecule has 0 radical (unpaired) electrons. The summed E-state index contributed by atoms with van der Waals surface area (Å²) in [7, 11) is 1.49. The lowest BCUT2D eigenvalue weighted by Crippen LogP contribution is -2.49. The Morgan fingerprint density at radius 3 is 2.48 bits per heavy atom. The summed E-state index contributed by atoms with van der Waals surface area (Å²) in [4.78, 5) is 36.1. The van der Waals surface area contributed by atoms with Crippen LogP contribution in [0.25, 0.3) is 0 Å². The molecule has 1 heterocycles. The second kappa shape index (κ2) is 6.89. The van der Waals surface area contributed by atoms with Crippen LogP contribution in [-0.2, 0) is 14.3 Å². The van der Waals surface area contributed by atoms with Crippen molar-refractivity contribution < 1.29 is 24.2 Å².